The first-order chi connectivity index (χ1) is 6.85. The van der Waals surface area contributed by atoms with E-state index in [0.717, 1.165) is 19.5 Å². The van der Waals surface area contributed by atoms with Crippen LogP contribution in [0.3, 0.4) is 0 Å². The molecule has 0 spiro atoms. The van der Waals surface area contributed by atoms with Gasteiger partial charge in [0.2, 0.25) is 5.91 Å². The molecule has 0 fully saturated rings. The molecule has 90 valence electrons. The summed E-state index contributed by atoms with van der Waals surface area (Å²) in [5.74, 6) is 5.06. The zero-order valence-electron chi connectivity index (χ0n) is 10.6. The number of hydrogen-bond acceptors (Lipinski definition) is 3. The average molecular weight is 215 g/mol. The van der Waals surface area contributed by atoms with Crippen LogP contribution in [0.5, 0.6) is 0 Å². The Morgan fingerprint density at radius 1 is 1.47 bits per heavy atom. The van der Waals surface area contributed by atoms with Crippen LogP contribution in [0, 0.1) is 5.41 Å². The maximum Gasteiger partial charge on any atom is 0.240 e. The quantitative estimate of drug-likeness (QED) is 0.396. The molecule has 0 rings (SSSR count). The highest BCUT2D eigenvalue weighted by atomic mass is 16.2. The van der Waals surface area contributed by atoms with Gasteiger partial charge in [-0.1, -0.05) is 6.92 Å². The number of hydrazine groups is 1. The number of carbonyl (C=O) groups is 1. The van der Waals surface area contributed by atoms with Crippen LogP contribution >= 0.6 is 0 Å². The van der Waals surface area contributed by atoms with E-state index in [2.05, 4.69) is 31.1 Å². The second-order valence-corrected chi connectivity index (χ2v) is 4.92. The third-order valence-electron chi connectivity index (χ3n) is 2.59. The Labute approximate surface area is 93.2 Å². The summed E-state index contributed by atoms with van der Waals surface area (Å²) < 4.78 is 0. The minimum Gasteiger partial charge on any atom is -0.300 e. The third-order valence-corrected chi connectivity index (χ3v) is 2.59. The molecule has 0 saturated carbocycles. The number of nitrogens with zero attached hydrogens (tertiary/aromatic N) is 1. The van der Waals surface area contributed by atoms with Crippen molar-refractivity contribution < 1.29 is 4.79 Å². The van der Waals surface area contributed by atoms with Gasteiger partial charge in [-0.25, -0.2) is 5.84 Å². The topological polar surface area (TPSA) is 58.4 Å². The first-order valence-electron chi connectivity index (χ1n) is 5.60. The van der Waals surface area contributed by atoms with E-state index < -0.39 is 5.41 Å². The maximum absolute atomic E-state index is 11.5. The lowest BCUT2D eigenvalue weighted by molar-refractivity contribution is -0.130. The largest absolute Gasteiger partial charge is 0.300 e. The van der Waals surface area contributed by atoms with Crippen LogP contribution in [0.2, 0.25) is 0 Å². The average Bonchev–Trinajstić information content (AvgIpc) is 2.15. The molecule has 0 aliphatic heterocycles. The fourth-order valence-electron chi connectivity index (χ4n) is 1.58. The van der Waals surface area contributed by atoms with Crippen LogP contribution in [-0.4, -0.2) is 29.9 Å². The predicted octanol–water partition coefficient (Wildman–Crippen LogP) is 1.12. The van der Waals surface area contributed by atoms with Crippen molar-refractivity contribution in [1.82, 2.24) is 10.3 Å². The molecule has 0 atom stereocenters. The number of amides is 1. The summed E-state index contributed by atoms with van der Waals surface area (Å²) in [4.78, 5) is 13.8. The molecule has 3 N–H and O–H groups in total. The highest BCUT2D eigenvalue weighted by molar-refractivity contribution is 5.81. The van der Waals surface area contributed by atoms with E-state index in [4.69, 9.17) is 5.84 Å². The highest BCUT2D eigenvalue weighted by Crippen LogP contribution is 2.18. The third kappa shape index (κ3) is 4.62. The monoisotopic (exact) mass is 215 g/mol. The zero-order chi connectivity index (χ0) is 12.1. The summed E-state index contributed by atoms with van der Waals surface area (Å²) >= 11 is 0. The number of carbonyl (C=O) groups excluding carboxylic acids is 1. The van der Waals surface area contributed by atoms with Gasteiger partial charge in [0.1, 0.15) is 0 Å². The fraction of sp³-hybridized carbons (Fsp3) is 0.909. The van der Waals surface area contributed by atoms with Gasteiger partial charge in [0.15, 0.2) is 0 Å². The molecule has 0 aromatic rings. The van der Waals surface area contributed by atoms with Crippen molar-refractivity contribution >= 4 is 5.91 Å². The molecule has 0 aromatic carbocycles. The molecule has 4 nitrogen and oxygen atoms in total. The maximum atomic E-state index is 11.5. The highest BCUT2D eigenvalue weighted by Gasteiger charge is 2.29. The van der Waals surface area contributed by atoms with Crippen molar-refractivity contribution in [3.05, 3.63) is 0 Å². The van der Waals surface area contributed by atoms with Crippen LogP contribution in [0.1, 0.15) is 41.0 Å². The van der Waals surface area contributed by atoms with Crippen LogP contribution in [0.4, 0.5) is 0 Å². The van der Waals surface area contributed by atoms with Gasteiger partial charge in [-0.3, -0.25) is 15.1 Å². The first kappa shape index (κ1) is 14.4. The molecule has 0 aromatic heterocycles. The lowest BCUT2D eigenvalue weighted by Gasteiger charge is -2.33. The number of rotatable bonds is 6. The Hall–Kier alpha value is -0.610. The normalized spacial score (nSPS) is 12.3. The SMILES string of the molecule is CCCN(CC(C)(C)C(=O)NN)C(C)C. The molecule has 0 saturated heterocycles. The summed E-state index contributed by atoms with van der Waals surface area (Å²) in [7, 11) is 0. The molecule has 1 amide bonds. The second kappa shape index (κ2) is 6.08. The Balaban J connectivity index is 4.44. The van der Waals surface area contributed by atoms with E-state index >= 15 is 0 Å². The minimum absolute atomic E-state index is 0.107. The van der Waals surface area contributed by atoms with E-state index in [-0.39, 0.29) is 5.91 Å². The number of nitrogens with two attached hydrogens (primary N) is 1. The van der Waals surface area contributed by atoms with Crippen molar-refractivity contribution in [2.45, 2.75) is 47.1 Å². The molecule has 0 heterocycles. The van der Waals surface area contributed by atoms with Gasteiger partial charge < -0.3 is 0 Å². The van der Waals surface area contributed by atoms with Gasteiger partial charge >= 0.3 is 0 Å². The molecule has 0 radical (unpaired) electrons. The van der Waals surface area contributed by atoms with Gasteiger partial charge in [-0.05, 0) is 40.7 Å². The summed E-state index contributed by atoms with van der Waals surface area (Å²) in [5.41, 5.74) is 1.79. The van der Waals surface area contributed by atoms with E-state index in [1.807, 2.05) is 13.8 Å². The lowest BCUT2D eigenvalue weighted by atomic mass is 9.91. The molecular weight excluding hydrogens is 190 g/mol. The molecule has 0 aliphatic rings. The summed E-state index contributed by atoms with van der Waals surface area (Å²) in [5, 5.41) is 0. The van der Waals surface area contributed by atoms with Gasteiger partial charge in [0.25, 0.3) is 0 Å². The van der Waals surface area contributed by atoms with Crippen molar-refractivity contribution in [1.29, 1.82) is 0 Å². The van der Waals surface area contributed by atoms with Gasteiger partial charge in [0, 0.05) is 12.6 Å². The standard InChI is InChI=1S/C11H25N3O/c1-6-7-14(9(2)3)8-11(4,5)10(15)13-12/h9H,6-8,12H2,1-5H3,(H,13,15). The minimum atomic E-state index is -0.436. The Morgan fingerprint density at radius 3 is 2.33 bits per heavy atom. The fourth-order valence-corrected chi connectivity index (χ4v) is 1.58. The predicted molar refractivity (Wildman–Crippen MR) is 63.1 cm³/mol. The second-order valence-electron chi connectivity index (χ2n) is 4.92. The summed E-state index contributed by atoms with van der Waals surface area (Å²) in [6.07, 6.45) is 1.10. The molecule has 0 bridgehead atoms. The van der Waals surface area contributed by atoms with Gasteiger partial charge in [-0.2, -0.15) is 0 Å². The van der Waals surface area contributed by atoms with E-state index in [1.165, 1.54) is 0 Å². The lowest BCUT2D eigenvalue weighted by Crippen LogP contribution is -2.49. The molecule has 4 heteroatoms. The van der Waals surface area contributed by atoms with Crippen LogP contribution in [0.15, 0.2) is 0 Å². The summed E-state index contributed by atoms with van der Waals surface area (Å²) in [6, 6.07) is 0.454. The number of hydrogen-bond donors (Lipinski definition) is 2. The Bertz CT molecular complexity index is 202. The molecule has 0 unspecified atom stereocenters. The van der Waals surface area contributed by atoms with Crippen molar-refractivity contribution in [3.8, 4) is 0 Å². The van der Waals surface area contributed by atoms with Gasteiger partial charge in [0.05, 0.1) is 5.41 Å². The van der Waals surface area contributed by atoms with Gasteiger partial charge in [-0.15, -0.1) is 0 Å². The number of nitrogens with one attached hydrogen (secondary N) is 1. The van der Waals surface area contributed by atoms with E-state index in [9.17, 15) is 4.79 Å². The first-order valence-corrected chi connectivity index (χ1v) is 5.60. The van der Waals surface area contributed by atoms with E-state index in [0.29, 0.717) is 6.04 Å². The molecular formula is C11H25N3O. The van der Waals surface area contributed by atoms with Crippen molar-refractivity contribution in [2.24, 2.45) is 11.3 Å². The summed E-state index contributed by atoms with van der Waals surface area (Å²) in [6.45, 7) is 12.0. The van der Waals surface area contributed by atoms with Crippen molar-refractivity contribution in [3.63, 3.8) is 0 Å². The van der Waals surface area contributed by atoms with Crippen LogP contribution < -0.4 is 11.3 Å². The smallest absolute Gasteiger partial charge is 0.240 e. The molecule has 15 heavy (non-hydrogen) atoms. The zero-order valence-corrected chi connectivity index (χ0v) is 10.6. The van der Waals surface area contributed by atoms with Crippen LogP contribution in [0.25, 0.3) is 0 Å². The van der Waals surface area contributed by atoms with Crippen LogP contribution in [-0.2, 0) is 4.79 Å². The Morgan fingerprint density at radius 2 is 2.00 bits per heavy atom. The molecule has 0 aliphatic carbocycles. The Kier molecular flexibility index (Phi) is 5.83. The van der Waals surface area contributed by atoms with Crippen molar-refractivity contribution in [2.75, 3.05) is 13.1 Å². The van der Waals surface area contributed by atoms with E-state index in [1.54, 1.807) is 0 Å².